The molecule has 1 N–H and O–H groups in total. The fourth-order valence-electron chi connectivity index (χ4n) is 7.58. The van der Waals surface area contributed by atoms with Gasteiger partial charge in [-0.2, -0.15) is 0 Å². The maximum atomic E-state index is 12.4. The van der Waals surface area contributed by atoms with E-state index in [0.717, 1.165) is 48.9 Å². The van der Waals surface area contributed by atoms with Gasteiger partial charge in [0.1, 0.15) is 5.78 Å². The normalized spacial score (nSPS) is 55.1. The minimum absolute atomic E-state index is 0.250. The highest BCUT2D eigenvalue weighted by Crippen LogP contribution is 2.65. The van der Waals surface area contributed by atoms with Crippen molar-refractivity contribution in [1.29, 1.82) is 0 Å². The lowest BCUT2D eigenvalue weighted by molar-refractivity contribution is -0.127. The zero-order valence-corrected chi connectivity index (χ0v) is 16.1. The van der Waals surface area contributed by atoms with E-state index in [-0.39, 0.29) is 11.3 Å². The number of halogens is 1. The van der Waals surface area contributed by atoms with Gasteiger partial charge in [-0.25, -0.2) is 0 Å². The molecule has 0 aromatic carbocycles. The molecule has 8 atom stereocenters. The standard InChI is InChI=1S/C20H31BrO2/c1-19(23)9-12-3-4-14-13(15(12)10-19)7-8-20(2)16(14)5-6-17(20)18(22)11-21/h12-17,23H,3-11H2,1-2H3/t12-,13+,14?,15+,16+,17?,19+,20+/m1/s1. The molecule has 2 nitrogen and oxygen atoms in total. The van der Waals surface area contributed by atoms with Crippen LogP contribution in [0.3, 0.4) is 0 Å². The Labute approximate surface area is 148 Å². The van der Waals surface area contributed by atoms with Crippen molar-refractivity contribution >= 4 is 21.7 Å². The smallest absolute Gasteiger partial charge is 0.147 e. The molecular formula is C20H31BrO2. The van der Waals surface area contributed by atoms with E-state index in [1.54, 1.807) is 0 Å². The fraction of sp³-hybridized carbons (Fsp3) is 0.950. The molecule has 130 valence electrons. The molecule has 0 radical (unpaired) electrons. The lowest BCUT2D eigenvalue weighted by Gasteiger charge is -2.53. The molecule has 2 unspecified atom stereocenters. The zero-order chi connectivity index (χ0) is 16.4. The van der Waals surface area contributed by atoms with Crippen LogP contribution in [0.4, 0.5) is 0 Å². The minimum atomic E-state index is -0.422. The first-order chi connectivity index (χ1) is 10.9. The Morgan fingerprint density at radius 1 is 1.04 bits per heavy atom. The van der Waals surface area contributed by atoms with Gasteiger partial charge in [-0.15, -0.1) is 0 Å². The largest absolute Gasteiger partial charge is 0.390 e. The summed E-state index contributed by atoms with van der Waals surface area (Å²) in [4.78, 5) is 12.4. The van der Waals surface area contributed by atoms with Crippen LogP contribution in [-0.4, -0.2) is 21.8 Å². The molecule has 0 aromatic heterocycles. The van der Waals surface area contributed by atoms with Crippen molar-refractivity contribution in [3.05, 3.63) is 0 Å². The summed E-state index contributed by atoms with van der Waals surface area (Å²) in [7, 11) is 0. The van der Waals surface area contributed by atoms with E-state index in [2.05, 4.69) is 22.9 Å². The van der Waals surface area contributed by atoms with Gasteiger partial charge in [-0.3, -0.25) is 4.79 Å². The highest BCUT2D eigenvalue weighted by atomic mass is 79.9. The summed E-state index contributed by atoms with van der Waals surface area (Å²) >= 11 is 3.41. The van der Waals surface area contributed by atoms with E-state index in [1.807, 2.05) is 6.92 Å². The van der Waals surface area contributed by atoms with Crippen molar-refractivity contribution in [2.75, 3.05) is 5.33 Å². The molecule has 4 saturated carbocycles. The van der Waals surface area contributed by atoms with Crippen molar-refractivity contribution in [2.24, 2.45) is 40.9 Å². The number of fused-ring (bicyclic) bond motifs is 5. The quantitative estimate of drug-likeness (QED) is 0.709. The maximum Gasteiger partial charge on any atom is 0.147 e. The SMILES string of the molecule is C[C@]1(O)C[C@H]2CCC3[C@H](CC[C@]4(C)C(C(=O)CBr)CC[C@@H]34)[C@H]2C1. The van der Waals surface area contributed by atoms with E-state index in [1.165, 1.54) is 32.1 Å². The summed E-state index contributed by atoms with van der Waals surface area (Å²) in [6, 6.07) is 0. The number of hydrogen-bond donors (Lipinski definition) is 1. The molecule has 3 heteroatoms. The lowest BCUT2D eigenvalue weighted by atomic mass is 9.51. The molecule has 0 amide bonds. The van der Waals surface area contributed by atoms with Crippen LogP contribution in [0.25, 0.3) is 0 Å². The van der Waals surface area contributed by atoms with Gasteiger partial charge in [-0.05, 0) is 93.3 Å². The predicted octanol–water partition coefficient (Wildman–Crippen LogP) is 4.58. The second kappa shape index (κ2) is 5.56. The number of aliphatic hydroxyl groups is 1. The molecule has 4 aliphatic carbocycles. The van der Waals surface area contributed by atoms with Crippen molar-refractivity contribution in [1.82, 2.24) is 0 Å². The van der Waals surface area contributed by atoms with Gasteiger partial charge in [0.15, 0.2) is 0 Å². The third-order valence-electron chi connectivity index (χ3n) is 8.42. The first kappa shape index (κ1) is 16.6. The molecule has 23 heavy (non-hydrogen) atoms. The molecule has 4 aliphatic rings. The fourth-order valence-corrected chi connectivity index (χ4v) is 7.97. The van der Waals surface area contributed by atoms with Gasteiger partial charge < -0.3 is 5.11 Å². The topological polar surface area (TPSA) is 37.3 Å². The average Bonchev–Trinajstić information content (AvgIpc) is 3.01. The Balaban J connectivity index is 1.57. The first-order valence-corrected chi connectivity index (χ1v) is 10.8. The number of Topliss-reactive ketones (excluding diaryl/α,β-unsaturated/α-hetero) is 1. The van der Waals surface area contributed by atoms with Gasteiger partial charge in [0.05, 0.1) is 10.9 Å². The Kier molecular flexibility index (Phi) is 4.00. The van der Waals surface area contributed by atoms with Crippen LogP contribution in [0.2, 0.25) is 0 Å². The van der Waals surface area contributed by atoms with Gasteiger partial charge in [0.25, 0.3) is 0 Å². The summed E-state index contributed by atoms with van der Waals surface area (Å²) in [6.45, 7) is 4.47. The average molecular weight is 383 g/mol. The van der Waals surface area contributed by atoms with E-state index in [4.69, 9.17) is 0 Å². The summed E-state index contributed by atoms with van der Waals surface area (Å²) < 4.78 is 0. The molecule has 0 heterocycles. The van der Waals surface area contributed by atoms with E-state index in [9.17, 15) is 9.90 Å². The molecule has 0 saturated heterocycles. The summed E-state index contributed by atoms with van der Waals surface area (Å²) in [5.41, 5.74) is -0.172. The number of ketones is 1. The molecule has 0 spiro atoms. The van der Waals surface area contributed by atoms with Crippen LogP contribution in [-0.2, 0) is 4.79 Å². The number of carbonyl (C=O) groups is 1. The number of hydrogen-bond acceptors (Lipinski definition) is 2. The van der Waals surface area contributed by atoms with Crippen molar-refractivity contribution < 1.29 is 9.90 Å². The van der Waals surface area contributed by atoms with Crippen molar-refractivity contribution in [3.63, 3.8) is 0 Å². The van der Waals surface area contributed by atoms with Crippen LogP contribution < -0.4 is 0 Å². The summed E-state index contributed by atoms with van der Waals surface area (Å²) in [6.07, 6.45) is 9.59. The van der Waals surface area contributed by atoms with Crippen LogP contribution in [0, 0.1) is 40.9 Å². The number of carbonyl (C=O) groups excluding carboxylic acids is 1. The number of alkyl halides is 1. The Morgan fingerprint density at radius 3 is 2.57 bits per heavy atom. The van der Waals surface area contributed by atoms with Crippen LogP contribution in [0.15, 0.2) is 0 Å². The molecular weight excluding hydrogens is 352 g/mol. The highest BCUT2D eigenvalue weighted by molar-refractivity contribution is 9.09. The zero-order valence-electron chi connectivity index (χ0n) is 14.6. The van der Waals surface area contributed by atoms with Crippen molar-refractivity contribution in [2.45, 2.75) is 70.8 Å². The molecule has 4 rings (SSSR count). The summed E-state index contributed by atoms with van der Waals surface area (Å²) in [5, 5.41) is 11.1. The van der Waals surface area contributed by atoms with E-state index < -0.39 is 5.60 Å². The van der Waals surface area contributed by atoms with Crippen LogP contribution >= 0.6 is 15.9 Å². The number of rotatable bonds is 2. The van der Waals surface area contributed by atoms with Gasteiger partial charge in [-0.1, -0.05) is 22.9 Å². The minimum Gasteiger partial charge on any atom is -0.390 e. The molecule has 0 bridgehead atoms. The Morgan fingerprint density at radius 2 is 1.83 bits per heavy atom. The Bertz CT molecular complexity index is 502. The molecule has 4 fully saturated rings. The summed E-state index contributed by atoms with van der Waals surface area (Å²) in [5.74, 6) is 4.62. The molecule has 0 aromatic rings. The van der Waals surface area contributed by atoms with Gasteiger partial charge in [0.2, 0.25) is 0 Å². The van der Waals surface area contributed by atoms with E-state index in [0.29, 0.717) is 11.1 Å². The van der Waals surface area contributed by atoms with Crippen molar-refractivity contribution in [3.8, 4) is 0 Å². The van der Waals surface area contributed by atoms with Gasteiger partial charge >= 0.3 is 0 Å². The second-order valence-corrected chi connectivity index (χ2v) is 10.2. The lowest BCUT2D eigenvalue weighted by Crippen LogP contribution is -2.47. The van der Waals surface area contributed by atoms with Crippen LogP contribution in [0.1, 0.15) is 65.2 Å². The van der Waals surface area contributed by atoms with Gasteiger partial charge in [0, 0.05) is 5.92 Å². The monoisotopic (exact) mass is 382 g/mol. The maximum absolute atomic E-state index is 12.4. The third-order valence-corrected chi connectivity index (χ3v) is 8.97. The highest BCUT2D eigenvalue weighted by Gasteiger charge is 2.59. The Hall–Kier alpha value is 0.110. The third kappa shape index (κ3) is 2.47. The predicted molar refractivity (Wildman–Crippen MR) is 95.4 cm³/mol. The molecule has 0 aliphatic heterocycles. The first-order valence-electron chi connectivity index (χ1n) is 9.67. The second-order valence-electron chi connectivity index (χ2n) is 9.62. The van der Waals surface area contributed by atoms with Crippen LogP contribution in [0.5, 0.6) is 0 Å². The van der Waals surface area contributed by atoms with E-state index >= 15 is 0 Å².